The first-order valence-electron chi connectivity index (χ1n) is 8.28. The maximum atomic E-state index is 12.8. The van der Waals surface area contributed by atoms with Gasteiger partial charge in [-0.25, -0.2) is 0 Å². The van der Waals surface area contributed by atoms with E-state index >= 15 is 0 Å². The standard InChI is InChI=1S/C16H28N2OS/c1-4-20-13-6-5-12(10-13)18-14(9-11(2)3)17-16(7-8-16)15(18)19/h11-14,17H,4-10H2,1-3H3. The highest BCUT2D eigenvalue weighted by Crippen LogP contribution is 2.46. The van der Waals surface area contributed by atoms with Crippen molar-refractivity contribution in [1.82, 2.24) is 10.2 Å². The van der Waals surface area contributed by atoms with Gasteiger partial charge in [0.15, 0.2) is 0 Å². The molecule has 1 spiro atoms. The third kappa shape index (κ3) is 2.61. The Bertz CT molecular complexity index is 381. The molecule has 2 saturated carbocycles. The number of carbonyl (C=O) groups excluding carboxylic acids is 1. The quantitative estimate of drug-likeness (QED) is 0.846. The minimum atomic E-state index is -0.143. The highest BCUT2D eigenvalue weighted by molar-refractivity contribution is 7.99. The molecule has 4 heteroatoms. The minimum Gasteiger partial charge on any atom is -0.323 e. The van der Waals surface area contributed by atoms with Crippen LogP contribution >= 0.6 is 11.8 Å². The number of rotatable bonds is 5. The van der Waals surface area contributed by atoms with E-state index in [-0.39, 0.29) is 5.54 Å². The number of hydrogen-bond donors (Lipinski definition) is 1. The maximum Gasteiger partial charge on any atom is 0.244 e. The van der Waals surface area contributed by atoms with Gasteiger partial charge in [-0.05, 0) is 50.2 Å². The van der Waals surface area contributed by atoms with Crippen LogP contribution in [0.25, 0.3) is 0 Å². The van der Waals surface area contributed by atoms with Crippen LogP contribution in [0, 0.1) is 5.92 Å². The van der Waals surface area contributed by atoms with Gasteiger partial charge in [-0.3, -0.25) is 10.1 Å². The Morgan fingerprint density at radius 3 is 2.75 bits per heavy atom. The number of nitrogens with one attached hydrogen (secondary N) is 1. The Balaban J connectivity index is 1.70. The van der Waals surface area contributed by atoms with Gasteiger partial charge in [0.2, 0.25) is 5.91 Å². The van der Waals surface area contributed by atoms with Crippen LogP contribution in [-0.4, -0.2) is 39.6 Å². The van der Waals surface area contributed by atoms with Crippen molar-refractivity contribution in [3.05, 3.63) is 0 Å². The van der Waals surface area contributed by atoms with E-state index in [1.54, 1.807) is 0 Å². The van der Waals surface area contributed by atoms with E-state index in [2.05, 4.69) is 42.7 Å². The molecule has 0 bridgehead atoms. The van der Waals surface area contributed by atoms with Crippen LogP contribution < -0.4 is 5.32 Å². The second kappa shape index (κ2) is 5.53. The lowest BCUT2D eigenvalue weighted by molar-refractivity contribution is -0.133. The Morgan fingerprint density at radius 1 is 1.40 bits per heavy atom. The molecule has 1 aliphatic heterocycles. The molecule has 3 atom stereocenters. The van der Waals surface area contributed by atoms with Crippen LogP contribution in [0.2, 0.25) is 0 Å². The van der Waals surface area contributed by atoms with Gasteiger partial charge in [-0.15, -0.1) is 0 Å². The van der Waals surface area contributed by atoms with Gasteiger partial charge in [-0.1, -0.05) is 20.8 Å². The predicted molar refractivity (Wildman–Crippen MR) is 84.7 cm³/mol. The summed E-state index contributed by atoms with van der Waals surface area (Å²) in [6.45, 7) is 6.75. The second-order valence-electron chi connectivity index (χ2n) is 7.13. The summed E-state index contributed by atoms with van der Waals surface area (Å²) in [5.74, 6) is 2.25. The Morgan fingerprint density at radius 2 is 2.15 bits per heavy atom. The monoisotopic (exact) mass is 296 g/mol. The highest BCUT2D eigenvalue weighted by atomic mass is 32.2. The molecule has 20 heavy (non-hydrogen) atoms. The van der Waals surface area contributed by atoms with Crippen LogP contribution in [0.4, 0.5) is 0 Å². The van der Waals surface area contributed by atoms with Crippen molar-refractivity contribution in [2.24, 2.45) is 5.92 Å². The number of hydrogen-bond acceptors (Lipinski definition) is 3. The average Bonchev–Trinajstić information content (AvgIpc) is 2.93. The van der Waals surface area contributed by atoms with Crippen LogP contribution in [0.3, 0.4) is 0 Å². The van der Waals surface area contributed by atoms with Crippen molar-refractivity contribution in [3.63, 3.8) is 0 Å². The lowest BCUT2D eigenvalue weighted by Crippen LogP contribution is -2.44. The molecule has 1 heterocycles. The molecule has 1 N–H and O–H groups in total. The summed E-state index contributed by atoms with van der Waals surface area (Å²) in [5.41, 5.74) is -0.143. The van der Waals surface area contributed by atoms with Gasteiger partial charge in [0.25, 0.3) is 0 Å². The molecule has 3 nitrogen and oxygen atoms in total. The van der Waals surface area contributed by atoms with Crippen molar-refractivity contribution in [2.75, 3.05) is 5.75 Å². The largest absolute Gasteiger partial charge is 0.323 e. The van der Waals surface area contributed by atoms with E-state index in [1.807, 2.05) is 0 Å². The first kappa shape index (κ1) is 14.7. The first-order chi connectivity index (χ1) is 9.55. The lowest BCUT2D eigenvalue weighted by atomic mass is 10.1. The third-order valence-corrected chi connectivity index (χ3v) is 6.25. The van der Waals surface area contributed by atoms with E-state index in [0.717, 1.165) is 24.5 Å². The molecule has 3 rings (SSSR count). The molecule has 0 aromatic rings. The zero-order valence-corrected chi connectivity index (χ0v) is 13.8. The topological polar surface area (TPSA) is 32.3 Å². The summed E-state index contributed by atoms with van der Waals surface area (Å²) in [7, 11) is 0. The molecule has 0 aromatic carbocycles. The molecule has 3 fully saturated rings. The van der Waals surface area contributed by atoms with Gasteiger partial charge in [0.05, 0.1) is 11.7 Å². The first-order valence-corrected chi connectivity index (χ1v) is 9.32. The van der Waals surface area contributed by atoms with Gasteiger partial charge >= 0.3 is 0 Å². The summed E-state index contributed by atoms with van der Waals surface area (Å²) in [4.78, 5) is 15.0. The fraction of sp³-hybridized carbons (Fsp3) is 0.938. The summed E-state index contributed by atoms with van der Waals surface area (Å²) < 4.78 is 0. The van der Waals surface area contributed by atoms with Crippen molar-refractivity contribution in [1.29, 1.82) is 0 Å². The SMILES string of the molecule is CCSC1CCC(N2C(=O)C3(CC3)NC2CC(C)C)C1. The third-order valence-electron chi connectivity index (χ3n) is 5.02. The maximum absolute atomic E-state index is 12.8. The number of thioether (sulfide) groups is 1. The van der Waals surface area contributed by atoms with Crippen LogP contribution in [0.15, 0.2) is 0 Å². The van der Waals surface area contributed by atoms with Crippen LogP contribution in [0.5, 0.6) is 0 Å². The van der Waals surface area contributed by atoms with Gasteiger partial charge in [-0.2, -0.15) is 11.8 Å². The normalized spacial score (nSPS) is 35.5. The Hall–Kier alpha value is -0.220. The van der Waals surface area contributed by atoms with Crippen molar-refractivity contribution in [2.45, 2.75) is 82.3 Å². The van der Waals surface area contributed by atoms with Gasteiger partial charge < -0.3 is 4.90 Å². The lowest BCUT2D eigenvalue weighted by Gasteiger charge is -2.31. The second-order valence-corrected chi connectivity index (χ2v) is 8.71. The predicted octanol–water partition coefficient (Wildman–Crippen LogP) is 3.00. The molecule has 1 amide bonds. The molecule has 1 saturated heterocycles. The van der Waals surface area contributed by atoms with Crippen LogP contribution in [-0.2, 0) is 4.79 Å². The minimum absolute atomic E-state index is 0.143. The van der Waals surface area contributed by atoms with Gasteiger partial charge in [0, 0.05) is 11.3 Å². The molecule has 0 aromatic heterocycles. The van der Waals surface area contributed by atoms with E-state index < -0.39 is 0 Å². The summed E-state index contributed by atoms with van der Waals surface area (Å²) in [6, 6.07) is 0.489. The molecule has 3 aliphatic rings. The average molecular weight is 296 g/mol. The van der Waals surface area contributed by atoms with E-state index in [9.17, 15) is 4.79 Å². The summed E-state index contributed by atoms with van der Waals surface area (Å²) in [5, 5.41) is 4.44. The molecule has 3 unspecified atom stereocenters. The molecule has 0 radical (unpaired) electrons. The van der Waals surface area contributed by atoms with Crippen molar-refractivity contribution < 1.29 is 4.79 Å². The molecular formula is C16H28N2OS. The number of carbonyl (C=O) groups is 1. The Kier molecular flexibility index (Phi) is 4.06. The van der Waals surface area contributed by atoms with Gasteiger partial charge in [0.1, 0.15) is 0 Å². The molecule has 2 aliphatic carbocycles. The van der Waals surface area contributed by atoms with Crippen LogP contribution in [0.1, 0.15) is 59.3 Å². The summed E-state index contributed by atoms with van der Waals surface area (Å²) in [6.07, 6.45) is 7.18. The summed E-state index contributed by atoms with van der Waals surface area (Å²) >= 11 is 2.07. The number of amides is 1. The fourth-order valence-electron chi connectivity index (χ4n) is 3.92. The zero-order chi connectivity index (χ0) is 14.3. The fourth-order valence-corrected chi connectivity index (χ4v) is 5.05. The Labute approximate surface area is 127 Å². The number of nitrogens with zero attached hydrogens (tertiary/aromatic N) is 1. The molecular weight excluding hydrogens is 268 g/mol. The van der Waals surface area contributed by atoms with E-state index in [0.29, 0.717) is 24.0 Å². The molecule has 114 valence electrons. The smallest absolute Gasteiger partial charge is 0.244 e. The zero-order valence-electron chi connectivity index (χ0n) is 13.0. The van der Waals surface area contributed by atoms with E-state index in [4.69, 9.17) is 0 Å². The highest BCUT2D eigenvalue weighted by Gasteiger charge is 2.60. The van der Waals surface area contributed by atoms with Crippen molar-refractivity contribution >= 4 is 17.7 Å². The van der Waals surface area contributed by atoms with Crippen molar-refractivity contribution in [3.8, 4) is 0 Å². The van der Waals surface area contributed by atoms with E-state index in [1.165, 1.54) is 25.0 Å².